The van der Waals surface area contributed by atoms with E-state index in [-0.39, 0.29) is 30.1 Å². The highest BCUT2D eigenvalue weighted by Crippen LogP contribution is 2.11. The number of hydrogen-bond acceptors (Lipinski definition) is 6. The molecule has 0 radical (unpaired) electrons. The maximum Gasteiger partial charge on any atom is 0.274 e. The van der Waals surface area contributed by atoms with E-state index in [0.29, 0.717) is 25.0 Å². The molecule has 0 aromatic carbocycles. The lowest BCUT2D eigenvalue weighted by atomic mass is 10.2. The van der Waals surface area contributed by atoms with Crippen molar-refractivity contribution in [2.75, 3.05) is 33.5 Å². The fraction of sp³-hybridized carbons (Fsp3) is 0.440. The van der Waals surface area contributed by atoms with E-state index in [1.807, 2.05) is 26.0 Å². The number of pyridine rings is 1. The lowest BCUT2D eigenvalue weighted by molar-refractivity contribution is -0.116. The Bertz CT molecular complexity index is 957. The Morgan fingerprint density at radius 3 is 2.59 bits per heavy atom. The highest BCUT2D eigenvalue weighted by molar-refractivity contribution is 5.90. The number of H-pyrrole nitrogens is 1. The first-order chi connectivity index (χ1) is 16.3. The second-order valence-corrected chi connectivity index (χ2v) is 7.70. The predicted octanol–water partition coefficient (Wildman–Crippen LogP) is 2.83. The number of carbonyl (C=O) groups excluding carboxylic acids is 2. The molecular weight excluding hydrogens is 432 g/mol. The lowest BCUT2D eigenvalue weighted by Gasteiger charge is -2.08. The van der Waals surface area contributed by atoms with Crippen molar-refractivity contribution in [3.63, 3.8) is 0 Å². The Balaban J connectivity index is 0.00000164. The Morgan fingerprint density at radius 1 is 1.32 bits per heavy atom. The molecule has 1 amide bonds. The summed E-state index contributed by atoms with van der Waals surface area (Å²) < 4.78 is 1.50. The smallest absolute Gasteiger partial charge is 0.274 e. The van der Waals surface area contributed by atoms with Crippen molar-refractivity contribution in [2.45, 2.75) is 45.6 Å². The van der Waals surface area contributed by atoms with Crippen LogP contribution in [0, 0.1) is 0 Å². The number of allylic oxidation sites excluding steroid dienone is 2. The van der Waals surface area contributed by atoms with Gasteiger partial charge < -0.3 is 25.5 Å². The molecule has 2 heterocycles. The Morgan fingerprint density at radius 2 is 2.00 bits per heavy atom. The van der Waals surface area contributed by atoms with Gasteiger partial charge in [-0.1, -0.05) is 26.0 Å². The number of nitrogens with zero attached hydrogens (tertiary/aromatic N) is 3. The summed E-state index contributed by atoms with van der Waals surface area (Å²) >= 11 is 0. The Labute approximate surface area is 202 Å². The quantitative estimate of drug-likeness (QED) is 0.262. The molecule has 34 heavy (non-hydrogen) atoms. The number of carbonyl (C=O) groups is 2. The van der Waals surface area contributed by atoms with Crippen LogP contribution in [0.4, 0.5) is 5.69 Å². The average molecular weight is 473 g/mol. The van der Waals surface area contributed by atoms with E-state index in [9.17, 15) is 14.4 Å². The summed E-state index contributed by atoms with van der Waals surface area (Å²) in [5.74, 6) is 0.442. The van der Waals surface area contributed by atoms with Crippen molar-refractivity contribution in [2.24, 2.45) is 5.73 Å². The molecule has 188 valence electrons. The minimum absolute atomic E-state index is 0.230. The standard InChI is InChI=1S/C21H26N4O3.C3H9N.CH5N/c1-3-10-17-16(4-2)22-19(23-17)15-25-13-9-11-18(21(25)28)24-20(27)12-7-5-6-8-14-26;1-4(2)3;1-2/h4,6,8-9,11,13-14H,2-3,5,7,10,12,15H2,1H3,(H,22,23)(H,24,27);1-3H3;2H2,1H3/b8-6+;;. The Kier molecular flexibility index (Phi) is 16.4. The van der Waals surface area contributed by atoms with Gasteiger partial charge in [0, 0.05) is 18.3 Å². The molecule has 4 N–H and O–H groups in total. The lowest BCUT2D eigenvalue weighted by Crippen LogP contribution is -2.26. The molecule has 0 aliphatic carbocycles. The van der Waals surface area contributed by atoms with Crippen LogP contribution in [0.2, 0.25) is 0 Å². The fourth-order valence-corrected chi connectivity index (χ4v) is 2.83. The zero-order chi connectivity index (χ0) is 25.9. The number of nitrogens with one attached hydrogen (secondary N) is 2. The van der Waals surface area contributed by atoms with E-state index in [1.54, 1.807) is 30.5 Å². The van der Waals surface area contributed by atoms with Crippen molar-refractivity contribution in [1.82, 2.24) is 19.4 Å². The van der Waals surface area contributed by atoms with Crippen LogP contribution in [0.15, 0.2) is 41.9 Å². The third kappa shape index (κ3) is 12.1. The molecule has 0 unspecified atom stereocenters. The first-order valence-corrected chi connectivity index (χ1v) is 11.3. The van der Waals surface area contributed by atoms with E-state index in [0.717, 1.165) is 24.2 Å². The number of aromatic nitrogens is 3. The van der Waals surface area contributed by atoms with E-state index in [1.165, 1.54) is 17.7 Å². The molecule has 0 aliphatic rings. The van der Waals surface area contributed by atoms with Crippen LogP contribution < -0.4 is 16.6 Å². The highest BCUT2D eigenvalue weighted by atomic mass is 16.2. The molecule has 9 nitrogen and oxygen atoms in total. The number of anilines is 1. The molecular formula is C25H40N6O3. The summed E-state index contributed by atoms with van der Waals surface area (Å²) in [6, 6.07) is 3.30. The summed E-state index contributed by atoms with van der Waals surface area (Å²) in [6.45, 7) is 6.15. The van der Waals surface area contributed by atoms with Gasteiger partial charge >= 0.3 is 0 Å². The number of imidazole rings is 1. The van der Waals surface area contributed by atoms with Crippen LogP contribution in [0.1, 0.15) is 49.8 Å². The monoisotopic (exact) mass is 472 g/mol. The van der Waals surface area contributed by atoms with E-state index in [2.05, 4.69) is 34.5 Å². The topological polar surface area (TPSA) is 126 Å². The van der Waals surface area contributed by atoms with Crippen molar-refractivity contribution in [3.8, 4) is 0 Å². The molecule has 0 spiro atoms. The predicted molar refractivity (Wildman–Crippen MR) is 140 cm³/mol. The molecule has 0 saturated carbocycles. The molecule has 0 bridgehead atoms. The van der Waals surface area contributed by atoms with Crippen molar-refractivity contribution < 1.29 is 9.59 Å². The zero-order valence-corrected chi connectivity index (χ0v) is 21.1. The number of aryl methyl sites for hydroxylation is 1. The maximum absolute atomic E-state index is 12.6. The van der Waals surface area contributed by atoms with Gasteiger partial charge in [-0.15, -0.1) is 0 Å². The van der Waals surface area contributed by atoms with Gasteiger partial charge in [0.1, 0.15) is 17.8 Å². The molecule has 2 aromatic heterocycles. The number of rotatable bonds is 11. The van der Waals surface area contributed by atoms with Gasteiger partial charge in [-0.05, 0) is 71.7 Å². The zero-order valence-electron chi connectivity index (χ0n) is 21.1. The van der Waals surface area contributed by atoms with Crippen LogP contribution in [-0.4, -0.2) is 59.8 Å². The van der Waals surface area contributed by atoms with Gasteiger partial charge in [0.15, 0.2) is 0 Å². The van der Waals surface area contributed by atoms with Gasteiger partial charge in [0.25, 0.3) is 5.56 Å². The third-order valence-corrected chi connectivity index (χ3v) is 4.16. The summed E-state index contributed by atoms with van der Waals surface area (Å²) in [6.07, 6.45) is 10.6. The third-order valence-electron chi connectivity index (χ3n) is 4.16. The summed E-state index contributed by atoms with van der Waals surface area (Å²) in [5.41, 5.74) is 6.26. The molecule has 2 aromatic rings. The number of unbranched alkanes of at least 4 members (excludes halogenated alkanes) is 1. The highest BCUT2D eigenvalue weighted by Gasteiger charge is 2.11. The maximum atomic E-state index is 12.6. The van der Waals surface area contributed by atoms with Crippen LogP contribution in [0.25, 0.3) is 6.08 Å². The number of nitrogens with two attached hydrogens (primary N) is 1. The van der Waals surface area contributed by atoms with Gasteiger partial charge in [-0.25, -0.2) is 4.98 Å². The number of aldehydes is 1. The molecule has 2 rings (SSSR count). The van der Waals surface area contributed by atoms with Crippen LogP contribution in [0.3, 0.4) is 0 Å². The van der Waals surface area contributed by atoms with Gasteiger partial charge in [0.05, 0.1) is 12.2 Å². The molecule has 0 aliphatic heterocycles. The molecule has 0 saturated heterocycles. The molecule has 0 fully saturated rings. The largest absolute Gasteiger partial charge is 0.344 e. The van der Waals surface area contributed by atoms with E-state index < -0.39 is 0 Å². The van der Waals surface area contributed by atoms with Gasteiger partial charge in [-0.2, -0.15) is 0 Å². The first kappa shape index (κ1) is 30.7. The summed E-state index contributed by atoms with van der Waals surface area (Å²) in [7, 11) is 7.50. The summed E-state index contributed by atoms with van der Waals surface area (Å²) in [5, 5.41) is 2.66. The minimum Gasteiger partial charge on any atom is -0.344 e. The van der Waals surface area contributed by atoms with Crippen molar-refractivity contribution in [1.29, 1.82) is 0 Å². The van der Waals surface area contributed by atoms with Gasteiger partial charge in [0.2, 0.25) is 5.91 Å². The van der Waals surface area contributed by atoms with Crippen LogP contribution >= 0.6 is 0 Å². The second kappa shape index (κ2) is 18.2. The van der Waals surface area contributed by atoms with Crippen LogP contribution in [0.5, 0.6) is 0 Å². The number of amides is 1. The molecule has 0 atom stereocenters. The normalized spacial score (nSPS) is 10.2. The van der Waals surface area contributed by atoms with E-state index in [4.69, 9.17) is 0 Å². The molecule has 9 heteroatoms. The average Bonchev–Trinajstić information content (AvgIpc) is 3.19. The minimum atomic E-state index is -0.287. The van der Waals surface area contributed by atoms with E-state index >= 15 is 0 Å². The summed E-state index contributed by atoms with van der Waals surface area (Å²) in [4.78, 5) is 44.6. The second-order valence-electron chi connectivity index (χ2n) is 7.70. The van der Waals surface area contributed by atoms with Crippen molar-refractivity contribution in [3.05, 3.63) is 64.6 Å². The van der Waals surface area contributed by atoms with Crippen molar-refractivity contribution >= 4 is 24.0 Å². The first-order valence-electron chi connectivity index (χ1n) is 11.3. The van der Waals surface area contributed by atoms with Crippen LogP contribution in [-0.2, 0) is 22.6 Å². The number of hydrogen-bond donors (Lipinski definition) is 3. The fourth-order valence-electron chi connectivity index (χ4n) is 2.83. The van der Waals surface area contributed by atoms with Gasteiger partial charge in [-0.3, -0.25) is 14.4 Å². The SMILES string of the molecule is C=Cc1nc(Cn2cccc(NC(=O)CCC/C=C/C=O)c2=O)[nH]c1CCC.CN.CN(C)C. The number of aromatic amines is 1. The Hall–Kier alpha value is -3.30.